The lowest BCUT2D eigenvalue weighted by Gasteiger charge is -2.21. The summed E-state index contributed by atoms with van der Waals surface area (Å²) in [5.74, 6) is 0.861. The van der Waals surface area contributed by atoms with Gasteiger partial charge in [-0.3, -0.25) is 0 Å². The second-order valence-corrected chi connectivity index (χ2v) is 6.31. The maximum atomic E-state index is 6.45. The summed E-state index contributed by atoms with van der Waals surface area (Å²) in [5.41, 5.74) is 5.90. The number of pyridine rings is 1. The quantitative estimate of drug-likeness (QED) is 0.471. The molecule has 4 nitrogen and oxygen atoms in total. The van der Waals surface area contributed by atoms with Crippen molar-refractivity contribution >= 4 is 28.2 Å². The molecule has 0 aliphatic carbocycles. The van der Waals surface area contributed by atoms with Gasteiger partial charge in [0.15, 0.2) is 0 Å². The molecule has 0 fully saturated rings. The van der Waals surface area contributed by atoms with E-state index in [1.807, 2.05) is 52.2 Å². The number of ether oxygens (including phenoxy) is 1. The predicted octanol–water partition coefficient (Wildman–Crippen LogP) is 5.53. The lowest BCUT2D eigenvalue weighted by molar-refractivity contribution is 0.340. The van der Waals surface area contributed by atoms with E-state index in [0.717, 1.165) is 44.7 Å². The number of aryl methyl sites for hydroxylation is 1. The van der Waals surface area contributed by atoms with Gasteiger partial charge in [-0.1, -0.05) is 37.6 Å². The summed E-state index contributed by atoms with van der Waals surface area (Å²) >= 11 is 6.45. The van der Waals surface area contributed by atoms with Crippen LogP contribution in [0.3, 0.4) is 0 Å². The Labute approximate surface area is 159 Å². The zero-order chi connectivity index (χ0) is 18.7. The van der Waals surface area contributed by atoms with Gasteiger partial charge in [0, 0.05) is 28.9 Å². The summed E-state index contributed by atoms with van der Waals surface area (Å²) in [6, 6.07) is 10.3. The number of nitrogens with one attached hydrogen (secondary N) is 2. The number of fused-ring (bicyclic) bond motifs is 3. The number of alkyl halides is 1. The van der Waals surface area contributed by atoms with E-state index >= 15 is 0 Å². The smallest absolute Gasteiger partial charge is 0.142 e. The molecule has 0 spiro atoms. The number of nitrogens with zero attached hydrogens (tertiary/aromatic N) is 1. The summed E-state index contributed by atoms with van der Waals surface area (Å²) < 4.78 is 5.64. The normalized spacial score (nSPS) is 15.4. The van der Waals surface area contributed by atoms with Crippen molar-refractivity contribution in [1.82, 2.24) is 15.3 Å². The van der Waals surface area contributed by atoms with Gasteiger partial charge in [-0.25, -0.2) is 4.98 Å². The number of H-pyrrole nitrogens is 1. The number of aromatic nitrogens is 2. The van der Waals surface area contributed by atoms with Crippen molar-refractivity contribution in [3.05, 3.63) is 65.1 Å². The van der Waals surface area contributed by atoms with Crippen molar-refractivity contribution in [3.63, 3.8) is 0 Å². The van der Waals surface area contributed by atoms with Crippen LogP contribution in [0.4, 0.5) is 0 Å². The van der Waals surface area contributed by atoms with Crippen LogP contribution < -0.4 is 10.1 Å². The lowest BCUT2D eigenvalue weighted by atomic mass is 9.94. The highest BCUT2D eigenvalue weighted by Crippen LogP contribution is 2.39. The summed E-state index contributed by atoms with van der Waals surface area (Å²) in [6.07, 6.45) is 3.83. The maximum Gasteiger partial charge on any atom is 0.142 e. The number of rotatable bonds is 3. The number of hydrogen-bond acceptors (Lipinski definition) is 3. The van der Waals surface area contributed by atoms with E-state index in [1.54, 1.807) is 0 Å². The third kappa shape index (κ3) is 3.29. The van der Waals surface area contributed by atoms with Crippen molar-refractivity contribution in [2.75, 3.05) is 6.61 Å². The van der Waals surface area contributed by atoms with E-state index in [9.17, 15) is 0 Å². The Morgan fingerprint density at radius 2 is 2.04 bits per heavy atom. The minimum Gasteiger partial charge on any atom is -0.494 e. The number of aromatic amines is 1. The summed E-state index contributed by atoms with van der Waals surface area (Å²) in [6.45, 7) is 8.68. The van der Waals surface area contributed by atoms with Crippen LogP contribution in [0.1, 0.15) is 48.7 Å². The van der Waals surface area contributed by atoms with Crippen molar-refractivity contribution in [3.8, 4) is 5.75 Å². The van der Waals surface area contributed by atoms with Gasteiger partial charge in [-0.05, 0) is 43.2 Å². The lowest BCUT2D eigenvalue weighted by Crippen LogP contribution is -2.17. The van der Waals surface area contributed by atoms with Crippen LogP contribution in [0.5, 0.6) is 5.75 Å². The van der Waals surface area contributed by atoms with Crippen LogP contribution in [-0.2, 0) is 0 Å². The minimum atomic E-state index is -0.298. The molecule has 4 rings (SSSR count). The molecule has 3 aromatic rings. The van der Waals surface area contributed by atoms with E-state index in [-0.39, 0.29) is 5.50 Å². The van der Waals surface area contributed by atoms with Crippen molar-refractivity contribution in [1.29, 1.82) is 0 Å². The van der Waals surface area contributed by atoms with E-state index < -0.39 is 0 Å². The highest BCUT2D eigenvalue weighted by atomic mass is 35.5. The Bertz CT molecular complexity index is 946. The molecule has 5 heteroatoms. The maximum absolute atomic E-state index is 6.45. The van der Waals surface area contributed by atoms with Gasteiger partial charge in [0.2, 0.25) is 0 Å². The fraction of sp³-hybridized carbons (Fsp3) is 0.286. The van der Waals surface area contributed by atoms with Gasteiger partial charge in [0.25, 0.3) is 0 Å². The molecule has 136 valence electrons. The summed E-state index contributed by atoms with van der Waals surface area (Å²) in [5, 5.41) is 4.31. The first-order chi connectivity index (χ1) is 12.7. The highest BCUT2D eigenvalue weighted by Gasteiger charge is 2.25. The number of benzene rings is 1. The minimum absolute atomic E-state index is 0.298. The molecule has 0 radical (unpaired) electrons. The molecule has 2 N–H and O–H groups in total. The Hall–Kier alpha value is -2.46. The Morgan fingerprint density at radius 1 is 1.23 bits per heavy atom. The van der Waals surface area contributed by atoms with E-state index in [2.05, 4.69) is 33.5 Å². The van der Waals surface area contributed by atoms with Crippen LogP contribution >= 0.6 is 11.6 Å². The topological polar surface area (TPSA) is 49.9 Å². The highest BCUT2D eigenvalue weighted by molar-refractivity contribution is 6.21. The second-order valence-electron chi connectivity index (χ2n) is 5.87. The van der Waals surface area contributed by atoms with E-state index in [1.165, 1.54) is 0 Å². The van der Waals surface area contributed by atoms with Crippen LogP contribution in [0.25, 0.3) is 16.6 Å². The summed E-state index contributed by atoms with van der Waals surface area (Å²) in [4.78, 5) is 7.86. The molecule has 1 atom stereocenters. The van der Waals surface area contributed by atoms with Crippen LogP contribution in [0.15, 0.2) is 42.7 Å². The van der Waals surface area contributed by atoms with Gasteiger partial charge < -0.3 is 15.0 Å². The third-order valence-corrected chi connectivity index (χ3v) is 4.51. The monoisotopic (exact) mass is 369 g/mol. The molecule has 1 aliphatic heterocycles. The molecule has 2 aromatic heterocycles. The summed E-state index contributed by atoms with van der Waals surface area (Å²) in [7, 11) is 0. The van der Waals surface area contributed by atoms with Gasteiger partial charge in [0.05, 0.1) is 12.3 Å². The van der Waals surface area contributed by atoms with Crippen LogP contribution in [-0.4, -0.2) is 16.6 Å². The molecule has 1 aliphatic rings. The molecule has 0 saturated carbocycles. The molecule has 26 heavy (non-hydrogen) atoms. The Morgan fingerprint density at radius 3 is 2.81 bits per heavy atom. The van der Waals surface area contributed by atoms with Gasteiger partial charge >= 0.3 is 0 Å². The van der Waals surface area contributed by atoms with Crippen molar-refractivity contribution in [2.24, 2.45) is 0 Å². The first-order valence-corrected chi connectivity index (χ1v) is 9.43. The fourth-order valence-corrected chi connectivity index (χ4v) is 3.36. The van der Waals surface area contributed by atoms with E-state index in [4.69, 9.17) is 16.3 Å². The van der Waals surface area contributed by atoms with E-state index in [0.29, 0.717) is 6.61 Å². The zero-order valence-corrected chi connectivity index (χ0v) is 16.3. The fourth-order valence-electron chi connectivity index (χ4n) is 3.13. The van der Waals surface area contributed by atoms with Gasteiger partial charge in [-0.15, -0.1) is 0 Å². The SMILES string of the molecule is CC.CCOc1cccc(C2=CNC(Cl)c3[nH]c4ncc(C)cc4c32)c1. The first-order valence-electron chi connectivity index (χ1n) is 8.99. The predicted molar refractivity (Wildman–Crippen MR) is 109 cm³/mol. The van der Waals surface area contributed by atoms with Crippen LogP contribution in [0, 0.1) is 6.92 Å². The van der Waals surface area contributed by atoms with Crippen molar-refractivity contribution < 1.29 is 4.74 Å². The standard InChI is InChI=1S/C19H18ClN3O.C2H6/c1-3-24-13-6-4-5-12(8-13)15-10-21-18(20)17-16(15)14-7-11(2)9-22-19(14)23-17;1-2/h4-10,18,21H,3H2,1-2H3,(H,22,23);1-2H3. The molecule has 0 saturated heterocycles. The molecule has 0 amide bonds. The molecule has 1 aromatic carbocycles. The average molecular weight is 370 g/mol. The molecule has 3 heterocycles. The molecular weight excluding hydrogens is 346 g/mol. The van der Waals surface area contributed by atoms with Crippen molar-refractivity contribution in [2.45, 2.75) is 33.2 Å². The number of hydrogen-bond donors (Lipinski definition) is 2. The Kier molecular flexibility index (Phi) is 5.52. The zero-order valence-electron chi connectivity index (χ0n) is 15.6. The molecule has 1 unspecified atom stereocenters. The molecule has 0 bridgehead atoms. The van der Waals surface area contributed by atoms with Crippen LogP contribution in [0.2, 0.25) is 0 Å². The average Bonchev–Trinajstić information content (AvgIpc) is 3.04. The Balaban J connectivity index is 0.000000948. The van der Waals surface area contributed by atoms with Gasteiger partial charge in [0.1, 0.15) is 16.9 Å². The largest absolute Gasteiger partial charge is 0.494 e. The molecular formula is C21H24ClN3O. The second kappa shape index (κ2) is 7.83. The number of halogens is 1. The third-order valence-electron chi connectivity index (χ3n) is 4.17. The first kappa shape index (κ1) is 18.3. The van der Waals surface area contributed by atoms with Gasteiger partial charge in [-0.2, -0.15) is 0 Å².